The van der Waals surface area contributed by atoms with Gasteiger partial charge in [-0.15, -0.1) is 0 Å². The fourth-order valence-corrected chi connectivity index (χ4v) is 4.88. The highest BCUT2D eigenvalue weighted by molar-refractivity contribution is 7.90. The second-order valence-corrected chi connectivity index (χ2v) is 10.4. The SMILES string of the molecule is CC[C@@H](C(=O)NC)N(Cc1c(Cl)cccc1Cl)C(=O)CN(c1ccccc1F)S(=O)(=O)N(C)C. The molecule has 0 unspecified atom stereocenters. The van der Waals surface area contributed by atoms with Crippen LogP contribution in [0.5, 0.6) is 0 Å². The Labute approximate surface area is 209 Å². The third kappa shape index (κ3) is 6.18. The molecule has 1 N–H and O–H groups in total. The molecule has 2 amide bonds. The van der Waals surface area contributed by atoms with Crippen LogP contribution >= 0.6 is 23.2 Å². The van der Waals surface area contributed by atoms with Gasteiger partial charge in [0.15, 0.2) is 0 Å². The molecule has 2 aromatic carbocycles. The number of amides is 2. The number of hydrogen-bond acceptors (Lipinski definition) is 4. The number of carbonyl (C=O) groups is 2. The van der Waals surface area contributed by atoms with Crippen molar-refractivity contribution < 1.29 is 22.4 Å². The quantitative estimate of drug-likeness (QED) is 0.508. The average Bonchev–Trinajstić information content (AvgIpc) is 2.79. The summed E-state index contributed by atoms with van der Waals surface area (Å²) in [5, 5.41) is 3.07. The molecular weight excluding hydrogens is 506 g/mol. The molecule has 186 valence electrons. The van der Waals surface area contributed by atoms with Gasteiger partial charge in [-0.05, 0) is 30.7 Å². The van der Waals surface area contributed by atoms with Gasteiger partial charge >= 0.3 is 10.2 Å². The molecule has 0 bridgehead atoms. The summed E-state index contributed by atoms with van der Waals surface area (Å²) in [6, 6.07) is 9.10. The highest BCUT2D eigenvalue weighted by atomic mass is 35.5. The number of anilines is 1. The summed E-state index contributed by atoms with van der Waals surface area (Å²) >= 11 is 12.6. The lowest BCUT2D eigenvalue weighted by atomic mass is 10.1. The largest absolute Gasteiger partial charge is 0.357 e. The van der Waals surface area contributed by atoms with Crippen LogP contribution in [0.1, 0.15) is 18.9 Å². The zero-order chi connectivity index (χ0) is 25.6. The minimum Gasteiger partial charge on any atom is -0.357 e. The maximum Gasteiger partial charge on any atom is 0.304 e. The third-order valence-electron chi connectivity index (χ3n) is 5.16. The van der Waals surface area contributed by atoms with E-state index in [2.05, 4.69) is 5.32 Å². The van der Waals surface area contributed by atoms with Gasteiger partial charge in [-0.3, -0.25) is 9.59 Å². The van der Waals surface area contributed by atoms with Crippen molar-refractivity contribution >= 4 is 50.9 Å². The number of rotatable bonds is 10. The van der Waals surface area contributed by atoms with Gasteiger partial charge in [-0.25, -0.2) is 8.70 Å². The molecule has 34 heavy (non-hydrogen) atoms. The highest BCUT2D eigenvalue weighted by Gasteiger charge is 2.34. The van der Waals surface area contributed by atoms with Crippen molar-refractivity contribution in [1.29, 1.82) is 0 Å². The van der Waals surface area contributed by atoms with Crippen molar-refractivity contribution in [2.75, 3.05) is 32.0 Å². The predicted molar refractivity (Wildman–Crippen MR) is 132 cm³/mol. The molecule has 0 saturated carbocycles. The number of carbonyl (C=O) groups excluding carboxylic acids is 2. The smallest absolute Gasteiger partial charge is 0.304 e. The van der Waals surface area contributed by atoms with Crippen molar-refractivity contribution in [1.82, 2.24) is 14.5 Å². The predicted octanol–water partition coefficient (Wildman–Crippen LogP) is 3.30. The van der Waals surface area contributed by atoms with Gasteiger partial charge in [0, 0.05) is 43.3 Å². The molecule has 0 aromatic heterocycles. The molecule has 2 aromatic rings. The van der Waals surface area contributed by atoms with Crippen LogP contribution in [-0.4, -0.2) is 63.2 Å². The summed E-state index contributed by atoms with van der Waals surface area (Å²) in [5.74, 6) is -2.01. The maximum absolute atomic E-state index is 14.6. The van der Waals surface area contributed by atoms with E-state index in [0.717, 1.165) is 10.4 Å². The number of halogens is 3. The number of para-hydroxylation sites is 1. The Morgan fingerprint density at radius 2 is 1.65 bits per heavy atom. The van der Waals surface area contributed by atoms with E-state index in [9.17, 15) is 22.4 Å². The normalized spacial score (nSPS) is 12.4. The Bertz CT molecular complexity index is 1130. The van der Waals surface area contributed by atoms with Crippen LogP contribution in [-0.2, 0) is 26.3 Å². The van der Waals surface area contributed by atoms with Gasteiger partial charge in [0.2, 0.25) is 11.8 Å². The summed E-state index contributed by atoms with van der Waals surface area (Å²) in [5.41, 5.74) is 0.0997. The van der Waals surface area contributed by atoms with Gasteiger partial charge < -0.3 is 10.2 Å². The van der Waals surface area contributed by atoms with E-state index in [1.807, 2.05) is 0 Å². The molecule has 0 spiro atoms. The van der Waals surface area contributed by atoms with Crippen molar-refractivity contribution in [3.63, 3.8) is 0 Å². The topological polar surface area (TPSA) is 90.0 Å². The first kappa shape index (κ1) is 27.8. The second kappa shape index (κ2) is 11.8. The zero-order valence-electron chi connectivity index (χ0n) is 19.3. The van der Waals surface area contributed by atoms with Crippen molar-refractivity contribution in [2.24, 2.45) is 0 Å². The lowest BCUT2D eigenvalue weighted by Gasteiger charge is -2.34. The fraction of sp³-hybridized carbons (Fsp3) is 0.364. The number of likely N-dealkylation sites (N-methyl/N-ethyl adjacent to an activating group) is 1. The van der Waals surface area contributed by atoms with Crippen molar-refractivity contribution in [2.45, 2.75) is 25.9 Å². The summed E-state index contributed by atoms with van der Waals surface area (Å²) in [4.78, 5) is 27.4. The van der Waals surface area contributed by atoms with Gasteiger partial charge in [0.05, 0.1) is 5.69 Å². The van der Waals surface area contributed by atoms with Crippen LogP contribution in [0.4, 0.5) is 10.1 Å². The van der Waals surface area contributed by atoms with E-state index in [0.29, 0.717) is 9.87 Å². The molecule has 0 radical (unpaired) electrons. The Hall–Kier alpha value is -2.40. The van der Waals surface area contributed by atoms with Crippen LogP contribution in [0.3, 0.4) is 0 Å². The van der Waals surface area contributed by atoms with E-state index in [1.165, 1.54) is 44.2 Å². The van der Waals surface area contributed by atoms with Gasteiger partial charge in [0.1, 0.15) is 18.4 Å². The molecular formula is C22H27Cl2FN4O4S. The molecule has 0 fully saturated rings. The molecule has 0 heterocycles. The van der Waals surface area contributed by atoms with Crippen LogP contribution in [0.25, 0.3) is 0 Å². The third-order valence-corrected chi connectivity index (χ3v) is 7.68. The molecule has 0 saturated heterocycles. The summed E-state index contributed by atoms with van der Waals surface area (Å²) in [7, 11) is -0.291. The van der Waals surface area contributed by atoms with Crippen LogP contribution in [0, 0.1) is 5.82 Å². The Kier molecular flexibility index (Phi) is 9.69. The van der Waals surface area contributed by atoms with Crippen LogP contribution in [0.15, 0.2) is 42.5 Å². The first-order chi connectivity index (χ1) is 15.9. The molecule has 0 aliphatic rings. The molecule has 1 atom stereocenters. The molecule has 2 rings (SSSR count). The van der Waals surface area contributed by atoms with E-state index < -0.39 is 40.4 Å². The lowest BCUT2D eigenvalue weighted by molar-refractivity contribution is -0.140. The number of nitrogens with one attached hydrogen (secondary N) is 1. The Morgan fingerprint density at radius 3 is 2.15 bits per heavy atom. The number of nitrogens with zero attached hydrogens (tertiary/aromatic N) is 3. The van der Waals surface area contributed by atoms with E-state index in [1.54, 1.807) is 25.1 Å². The average molecular weight is 533 g/mol. The van der Waals surface area contributed by atoms with Crippen LogP contribution < -0.4 is 9.62 Å². The maximum atomic E-state index is 14.6. The molecule has 0 aliphatic heterocycles. The van der Waals surface area contributed by atoms with Gasteiger partial charge in [-0.2, -0.15) is 12.7 Å². The van der Waals surface area contributed by atoms with Crippen molar-refractivity contribution in [3.05, 3.63) is 63.9 Å². The fourth-order valence-electron chi connectivity index (χ4n) is 3.30. The highest BCUT2D eigenvalue weighted by Crippen LogP contribution is 2.28. The number of hydrogen-bond donors (Lipinski definition) is 1. The zero-order valence-corrected chi connectivity index (χ0v) is 21.6. The molecule has 12 heteroatoms. The molecule has 0 aliphatic carbocycles. The monoisotopic (exact) mass is 532 g/mol. The van der Waals surface area contributed by atoms with E-state index in [-0.39, 0.29) is 28.7 Å². The first-order valence-electron chi connectivity index (χ1n) is 10.3. The van der Waals surface area contributed by atoms with Crippen LogP contribution in [0.2, 0.25) is 10.0 Å². The first-order valence-corrected chi connectivity index (χ1v) is 12.5. The molecule has 8 nitrogen and oxygen atoms in total. The van der Waals surface area contributed by atoms with Gasteiger partial charge in [-0.1, -0.05) is 48.3 Å². The van der Waals surface area contributed by atoms with E-state index in [4.69, 9.17) is 23.2 Å². The Balaban J connectivity index is 2.57. The summed E-state index contributed by atoms with van der Waals surface area (Å²) < 4.78 is 42.2. The minimum atomic E-state index is -4.26. The summed E-state index contributed by atoms with van der Waals surface area (Å²) in [6.07, 6.45) is 0.230. The standard InChI is InChI=1S/C22H27Cl2FN4O4S/c1-5-19(22(31)26-2)28(13-15-16(23)9-8-10-17(15)24)21(30)14-29(34(32,33)27(3)4)20-12-7-6-11-18(20)25/h6-12,19H,5,13-14H2,1-4H3,(H,26,31)/t19-/m0/s1. The number of benzene rings is 2. The van der Waals surface area contributed by atoms with E-state index >= 15 is 0 Å². The van der Waals surface area contributed by atoms with Crippen molar-refractivity contribution in [3.8, 4) is 0 Å². The minimum absolute atomic E-state index is 0.156. The Morgan fingerprint density at radius 1 is 1.06 bits per heavy atom. The lowest BCUT2D eigenvalue weighted by Crippen LogP contribution is -2.53. The van der Waals surface area contributed by atoms with Gasteiger partial charge in [0.25, 0.3) is 0 Å². The summed E-state index contributed by atoms with van der Waals surface area (Å²) in [6.45, 7) is 0.799. The second-order valence-electron chi connectivity index (χ2n) is 7.51.